The molecule has 0 atom stereocenters. The van der Waals surface area contributed by atoms with Crippen LogP contribution in [0.4, 0.5) is 5.69 Å². The number of thiocarbonyl (C=S) groups is 1. The summed E-state index contributed by atoms with van der Waals surface area (Å²) < 4.78 is 17.2. The molecule has 9 heteroatoms. The van der Waals surface area contributed by atoms with Crippen LogP contribution in [0.3, 0.4) is 0 Å². The van der Waals surface area contributed by atoms with Crippen molar-refractivity contribution in [3.63, 3.8) is 0 Å². The topological polar surface area (TPSA) is 60.0 Å². The van der Waals surface area contributed by atoms with Gasteiger partial charge in [-0.2, -0.15) is 0 Å². The molecule has 2 aliphatic rings. The summed E-state index contributed by atoms with van der Waals surface area (Å²) in [6, 6.07) is 5.74. The molecule has 2 aromatic rings. The Morgan fingerprint density at radius 2 is 2.04 bits per heavy atom. The zero-order valence-electron chi connectivity index (χ0n) is 14.7. The maximum atomic E-state index is 11.8. The first kappa shape index (κ1) is 18.9. The van der Waals surface area contributed by atoms with Crippen molar-refractivity contribution in [3.8, 4) is 0 Å². The van der Waals surface area contributed by atoms with Crippen LogP contribution < -0.4 is 5.32 Å². The van der Waals surface area contributed by atoms with Crippen LogP contribution in [0, 0.1) is 0 Å². The van der Waals surface area contributed by atoms with E-state index >= 15 is 0 Å². The third-order valence-corrected chi connectivity index (χ3v) is 6.88. The van der Waals surface area contributed by atoms with E-state index in [4.69, 9.17) is 38.0 Å². The molecule has 2 saturated heterocycles. The quantitative estimate of drug-likeness (QED) is 0.577. The lowest BCUT2D eigenvalue weighted by molar-refractivity contribution is -0.180. The molecule has 0 amide bonds. The molecule has 1 N–H and O–H groups in total. The molecule has 0 bridgehead atoms. The molecule has 0 saturated carbocycles. The summed E-state index contributed by atoms with van der Waals surface area (Å²) in [6.07, 6.45) is 1.60. The molecule has 27 heavy (non-hydrogen) atoms. The second-order valence-electron chi connectivity index (χ2n) is 6.47. The van der Waals surface area contributed by atoms with Crippen LogP contribution in [0.15, 0.2) is 18.2 Å². The number of likely N-dealkylation sites (tertiary alicyclic amines) is 1. The van der Waals surface area contributed by atoms with Gasteiger partial charge in [-0.1, -0.05) is 11.6 Å². The van der Waals surface area contributed by atoms with Gasteiger partial charge < -0.3 is 24.4 Å². The third kappa shape index (κ3) is 3.64. The van der Waals surface area contributed by atoms with E-state index in [0.717, 1.165) is 41.7 Å². The number of halogens is 1. The first-order valence-electron chi connectivity index (χ1n) is 8.65. The third-order valence-electron chi connectivity index (χ3n) is 4.88. The molecule has 2 aliphatic heterocycles. The first-order valence-corrected chi connectivity index (χ1v) is 10.3. The van der Waals surface area contributed by atoms with E-state index in [-0.39, 0.29) is 0 Å². The van der Waals surface area contributed by atoms with Gasteiger partial charge in [-0.3, -0.25) is 0 Å². The minimum absolute atomic E-state index is 0.409. The van der Waals surface area contributed by atoms with Crippen LogP contribution in [-0.4, -0.2) is 55.2 Å². The molecule has 1 aromatic heterocycles. The lowest BCUT2D eigenvalue weighted by atomic mass is 10.0. The lowest BCUT2D eigenvalue weighted by Gasteiger charge is -2.38. The molecule has 4 rings (SSSR count). The molecule has 3 heterocycles. The molecule has 0 radical (unpaired) electrons. The summed E-state index contributed by atoms with van der Waals surface area (Å²) in [5, 5.41) is 5.20. The van der Waals surface area contributed by atoms with Gasteiger partial charge >= 0.3 is 5.97 Å². The Hall–Kier alpha value is -1.45. The Balaban J connectivity index is 1.45. The highest BCUT2D eigenvalue weighted by Crippen LogP contribution is 2.37. The van der Waals surface area contributed by atoms with E-state index in [9.17, 15) is 4.79 Å². The van der Waals surface area contributed by atoms with Crippen molar-refractivity contribution in [1.82, 2.24) is 4.90 Å². The predicted octanol–water partition coefficient (Wildman–Crippen LogP) is 3.88. The Bertz CT molecular complexity index is 885. The summed E-state index contributed by atoms with van der Waals surface area (Å²) in [4.78, 5) is 14.4. The minimum Gasteiger partial charge on any atom is -0.465 e. The molecule has 1 spiro atoms. The number of thiophene rings is 1. The van der Waals surface area contributed by atoms with Crippen molar-refractivity contribution in [2.24, 2.45) is 0 Å². The molecule has 0 aliphatic carbocycles. The molecule has 2 fully saturated rings. The smallest absolute Gasteiger partial charge is 0.349 e. The fraction of sp³-hybridized carbons (Fsp3) is 0.444. The van der Waals surface area contributed by atoms with Gasteiger partial charge in [0.15, 0.2) is 10.9 Å². The van der Waals surface area contributed by atoms with Crippen LogP contribution in [0.5, 0.6) is 0 Å². The molecular weight excluding hydrogens is 408 g/mol. The number of rotatable bonds is 2. The molecule has 1 aromatic carbocycles. The maximum Gasteiger partial charge on any atom is 0.349 e. The van der Waals surface area contributed by atoms with Gasteiger partial charge in [0.1, 0.15) is 4.88 Å². The Labute approximate surface area is 171 Å². The highest BCUT2D eigenvalue weighted by molar-refractivity contribution is 7.80. The highest BCUT2D eigenvalue weighted by atomic mass is 35.5. The standard InChI is InChI=1S/C18H19ClN2O4S2/c1-23-16(22)15-14(19)12-3-2-11(10-13(12)27-15)20-17(26)21-6-4-18(5-7-21)24-8-9-25-18/h2-3,10H,4-9H2,1H3,(H,20,26). The van der Waals surface area contributed by atoms with E-state index in [1.807, 2.05) is 18.2 Å². The number of nitrogens with one attached hydrogen (secondary N) is 1. The van der Waals surface area contributed by atoms with Crippen molar-refractivity contribution in [3.05, 3.63) is 28.1 Å². The Morgan fingerprint density at radius 3 is 2.70 bits per heavy atom. The van der Waals surface area contributed by atoms with E-state index < -0.39 is 11.8 Å². The van der Waals surface area contributed by atoms with Gasteiger partial charge in [0.05, 0.1) is 25.3 Å². The first-order chi connectivity index (χ1) is 13.0. The van der Waals surface area contributed by atoms with Gasteiger partial charge in [0.2, 0.25) is 0 Å². The number of ether oxygens (including phenoxy) is 3. The number of anilines is 1. The van der Waals surface area contributed by atoms with Gasteiger partial charge in [0, 0.05) is 41.7 Å². The summed E-state index contributed by atoms with van der Waals surface area (Å²) in [5.74, 6) is -0.840. The van der Waals surface area contributed by atoms with Crippen LogP contribution in [0.1, 0.15) is 22.5 Å². The van der Waals surface area contributed by atoms with Crippen molar-refractivity contribution < 1.29 is 19.0 Å². The number of carbonyl (C=O) groups is 1. The number of benzene rings is 1. The number of hydrogen-bond acceptors (Lipinski definition) is 6. The van der Waals surface area contributed by atoms with E-state index in [2.05, 4.69) is 10.2 Å². The van der Waals surface area contributed by atoms with E-state index in [1.165, 1.54) is 18.4 Å². The van der Waals surface area contributed by atoms with Gasteiger partial charge in [-0.05, 0) is 30.4 Å². The van der Waals surface area contributed by atoms with E-state index in [1.54, 1.807) is 0 Å². The Morgan fingerprint density at radius 1 is 1.33 bits per heavy atom. The van der Waals surface area contributed by atoms with E-state index in [0.29, 0.717) is 28.2 Å². The number of nitrogens with zero attached hydrogens (tertiary/aromatic N) is 1. The highest BCUT2D eigenvalue weighted by Gasteiger charge is 2.40. The minimum atomic E-state index is -0.426. The van der Waals surface area contributed by atoms with Gasteiger partial charge in [-0.25, -0.2) is 4.79 Å². The lowest BCUT2D eigenvalue weighted by Crippen LogP contribution is -2.48. The number of esters is 1. The average molecular weight is 427 g/mol. The zero-order chi connectivity index (χ0) is 19.0. The van der Waals surface area contributed by atoms with Crippen LogP contribution in [0.2, 0.25) is 5.02 Å². The average Bonchev–Trinajstić information content (AvgIpc) is 3.26. The summed E-state index contributed by atoms with van der Waals surface area (Å²) >= 11 is 13.2. The van der Waals surface area contributed by atoms with Gasteiger partial charge in [0.25, 0.3) is 0 Å². The van der Waals surface area contributed by atoms with Crippen LogP contribution in [-0.2, 0) is 14.2 Å². The van der Waals surface area contributed by atoms with Crippen molar-refractivity contribution in [2.75, 3.05) is 38.7 Å². The van der Waals surface area contributed by atoms with Crippen LogP contribution >= 0.6 is 35.2 Å². The maximum absolute atomic E-state index is 11.8. The van der Waals surface area contributed by atoms with Crippen molar-refractivity contribution in [2.45, 2.75) is 18.6 Å². The fourth-order valence-electron chi connectivity index (χ4n) is 3.41. The fourth-order valence-corrected chi connectivity index (χ4v) is 5.17. The molecule has 144 valence electrons. The zero-order valence-corrected chi connectivity index (χ0v) is 17.1. The monoisotopic (exact) mass is 426 g/mol. The largest absolute Gasteiger partial charge is 0.465 e. The number of fused-ring (bicyclic) bond motifs is 1. The number of carbonyl (C=O) groups excluding carboxylic acids is 1. The predicted molar refractivity (Wildman–Crippen MR) is 110 cm³/mol. The normalized spacial score (nSPS) is 18.8. The number of piperidine rings is 1. The molecule has 6 nitrogen and oxygen atoms in total. The summed E-state index contributed by atoms with van der Waals surface area (Å²) in [6.45, 7) is 2.90. The number of hydrogen-bond donors (Lipinski definition) is 1. The second kappa shape index (κ2) is 7.52. The van der Waals surface area contributed by atoms with Crippen molar-refractivity contribution in [1.29, 1.82) is 0 Å². The second-order valence-corrected chi connectivity index (χ2v) is 8.29. The number of methoxy groups -OCH3 is 1. The molecule has 0 unspecified atom stereocenters. The van der Waals surface area contributed by atoms with Crippen molar-refractivity contribution >= 4 is 62.0 Å². The summed E-state index contributed by atoms with van der Waals surface area (Å²) in [7, 11) is 1.35. The molecular formula is C18H19ClN2O4S2. The summed E-state index contributed by atoms with van der Waals surface area (Å²) in [5.41, 5.74) is 0.857. The SMILES string of the molecule is COC(=O)c1sc2cc(NC(=S)N3CCC4(CC3)OCCO4)ccc2c1Cl. The van der Waals surface area contributed by atoms with Crippen LogP contribution in [0.25, 0.3) is 10.1 Å². The van der Waals surface area contributed by atoms with Gasteiger partial charge in [-0.15, -0.1) is 11.3 Å². The Kier molecular flexibility index (Phi) is 5.26.